The molecular weight excluding hydrogens is 174 g/mol. The van der Waals surface area contributed by atoms with Gasteiger partial charge in [-0.2, -0.15) is 0 Å². The zero-order chi connectivity index (χ0) is 9.97. The van der Waals surface area contributed by atoms with Crippen LogP contribution in [-0.4, -0.2) is 9.55 Å². The molecule has 1 aliphatic carbocycles. The number of aryl methyl sites for hydroxylation is 1. The molecule has 2 rings (SSSR count). The number of rotatable bonds is 3. The van der Waals surface area contributed by atoms with E-state index in [-0.39, 0.29) is 6.04 Å². The standard InChI is InChI=1S/C11H19N3/c1-14-7-11(13-8-14)10(12)6-9-4-2-3-5-9/h7-10H,2-6,12H2,1H3. The van der Waals surface area contributed by atoms with Gasteiger partial charge in [0.2, 0.25) is 0 Å². The number of hydrogen-bond donors (Lipinski definition) is 1. The van der Waals surface area contributed by atoms with Gasteiger partial charge >= 0.3 is 0 Å². The molecule has 1 atom stereocenters. The minimum absolute atomic E-state index is 0.138. The van der Waals surface area contributed by atoms with E-state index in [1.807, 2.05) is 24.1 Å². The molecule has 3 nitrogen and oxygen atoms in total. The molecule has 0 bridgehead atoms. The Kier molecular flexibility index (Phi) is 2.87. The van der Waals surface area contributed by atoms with Gasteiger partial charge in [0, 0.05) is 19.3 Å². The van der Waals surface area contributed by atoms with Gasteiger partial charge in [0.05, 0.1) is 12.0 Å². The highest BCUT2D eigenvalue weighted by Crippen LogP contribution is 2.31. The topological polar surface area (TPSA) is 43.8 Å². The van der Waals surface area contributed by atoms with Gasteiger partial charge in [-0.05, 0) is 12.3 Å². The second kappa shape index (κ2) is 4.13. The maximum absolute atomic E-state index is 6.11. The van der Waals surface area contributed by atoms with Crippen molar-refractivity contribution in [2.24, 2.45) is 18.7 Å². The largest absolute Gasteiger partial charge is 0.340 e. The Bertz CT molecular complexity index is 286. The van der Waals surface area contributed by atoms with Gasteiger partial charge < -0.3 is 10.3 Å². The van der Waals surface area contributed by atoms with Crippen LogP contribution < -0.4 is 5.73 Å². The minimum Gasteiger partial charge on any atom is -0.340 e. The number of nitrogens with two attached hydrogens (primary N) is 1. The monoisotopic (exact) mass is 193 g/mol. The van der Waals surface area contributed by atoms with Gasteiger partial charge in [-0.15, -0.1) is 0 Å². The fourth-order valence-electron chi connectivity index (χ4n) is 2.35. The lowest BCUT2D eigenvalue weighted by Gasteiger charge is -2.13. The Morgan fingerprint density at radius 3 is 2.86 bits per heavy atom. The van der Waals surface area contributed by atoms with E-state index in [1.165, 1.54) is 25.7 Å². The van der Waals surface area contributed by atoms with Gasteiger partial charge in [0.25, 0.3) is 0 Å². The highest BCUT2D eigenvalue weighted by Gasteiger charge is 2.19. The van der Waals surface area contributed by atoms with Crippen molar-refractivity contribution in [2.45, 2.75) is 38.1 Å². The van der Waals surface area contributed by atoms with Crippen LogP contribution in [0.1, 0.15) is 43.8 Å². The molecule has 78 valence electrons. The Morgan fingerprint density at radius 1 is 1.57 bits per heavy atom. The van der Waals surface area contributed by atoms with Crippen molar-refractivity contribution < 1.29 is 0 Å². The summed E-state index contributed by atoms with van der Waals surface area (Å²) in [6.45, 7) is 0. The van der Waals surface area contributed by atoms with Gasteiger partial charge in [-0.1, -0.05) is 25.7 Å². The van der Waals surface area contributed by atoms with E-state index >= 15 is 0 Å². The molecule has 1 fully saturated rings. The van der Waals surface area contributed by atoms with Crippen molar-refractivity contribution in [1.82, 2.24) is 9.55 Å². The lowest BCUT2D eigenvalue weighted by molar-refractivity contribution is 0.446. The fraction of sp³-hybridized carbons (Fsp3) is 0.727. The molecule has 1 heterocycles. The van der Waals surface area contributed by atoms with Crippen LogP contribution in [0, 0.1) is 5.92 Å². The summed E-state index contributed by atoms with van der Waals surface area (Å²) < 4.78 is 1.96. The summed E-state index contributed by atoms with van der Waals surface area (Å²) in [6, 6.07) is 0.138. The van der Waals surface area contributed by atoms with E-state index in [0.29, 0.717) is 0 Å². The van der Waals surface area contributed by atoms with Crippen LogP contribution in [0.25, 0.3) is 0 Å². The van der Waals surface area contributed by atoms with E-state index in [0.717, 1.165) is 18.0 Å². The van der Waals surface area contributed by atoms with Crippen molar-refractivity contribution in [2.75, 3.05) is 0 Å². The first kappa shape index (κ1) is 9.71. The van der Waals surface area contributed by atoms with Gasteiger partial charge in [0.1, 0.15) is 0 Å². The van der Waals surface area contributed by atoms with Crippen LogP contribution in [0.5, 0.6) is 0 Å². The van der Waals surface area contributed by atoms with E-state index in [4.69, 9.17) is 5.73 Å². The molecule has 1 aromatic heterocycles. The molecule has 1 aliphatic rings. The van der Waals surface area contributed by atoms with Gasteiger partial charge in [-0.3, -0.25) is 0 Å². The second-order valence-electron chi connectivity index (χ2n) is 4.46. The Hall–Kier alpha value is -0.830. The third-order valence-corrected chi connectivity index (χ3v) is 3.17. The van der Waals surface area contributed by atoms with Crippen molar-refractivity contribution in [3.63, 3.8) is 0 Å². The minimum atomic E-state index is 0.138. The van der Waals surface area contributed by atoms with Crippen LogP contribution in [0.2, 0.25) is 0 Å². The Balaban J connectivity index is 1.91. The average Bonchev–Trinajstić information content (AvgIpc) is 2.75. The fourth-order valence-corrected chi connectivity index (χ4v) is 2.35. The molecular formula is C11H19N3. The lowest BCUT2D eigenvalue weighted by atomic mass is 9.97. The van der Waals surface area contributed by atoms with Crippen molar-refractivity contribution in [1.29, 1.82) is 0 Å². The summed E-state index contributed by atoms with van der Waals surface area (Å²) in [5.41, 5.74) is 7.15. The number of aromatic nitrogens is 2. The summed E-state index contributed by atoms with van der Waals surface area (Å²) in [6.07, 6.45) is 10.5. The third kappa shape index (κ3) is 2.15. The predicted molar refractivity (Wildman–Crippen MR) is 56.7 cm³/mol. The lowest BCUT2D eigenvalue weighted by Crippen LogP contribution is -2.14. The van der Waals surface area contributed by atoms with Crippen molar-refractivity contribution >= 4 is 0 Å². The highest BCUT2D eigenvalue weighted by molar-refractivity contribution is 5.02. The molecule has 0 saturated heterocycles. The van der Waals surface area contributed by atoms with E-state index < -0.39 is 0 Å². The smallest absolute Gasteiger partial charge is 0.0947 e. The van der Waals surface area contributed by atoms with Gasteiger partial charge in [0.15, 0.2) is 0 Å². The van der Waals surface area contributed by atoms with Crippen LogP contribution in [-0.2, 0) is 7.05 Å². The molecule has 0 aliphatic heterocycles. The van der Waals surface area contributed by atoms with Crippen LogP contribution in [0.4, 0.5) is 0 Å². The molecule has 0 amide bonds. The highest BCUT2D eigenvalue weighted by atomic mass is 15.0. The number of imidazole rings is 1. The van der Waals surface area contributed by atoms with E-state index in [2.05, 4.69) is 4.98 Å². The first-order valence-corrected chi connectivity index (χ1v) is 5.49. The van der Waals surface area contributed by atoms with Crippen LogP contribution in [0.3, 0.4) is 0 Å². The van der Waals surface area contributed by atoms with Crippen LogP contribution >= 0.6 is 0 Å². The summed E-state index contributed by atoms with van der Waals surface area (Å²) in [5.74, 6) is 0.840. The molecule has 1 saturated carbocycles. The zero-order valence-corrected chi connectivity index (χ0v) is 8.82. The van der Waals surface area contributed by atoms with E-state index in [9.17, 15) is 0 Å². The molecule has 1 aromatic rings. The SMILES string of the molecule is Cn1cnc(C(N)CC2CCCC2)c1. The molecule has 2 N–H and O–H groups in total. The molecule has 0 aromatic carbocycles. The quantitative estimate of drug-likeness (QED) is 0.798. The Morgan fingerprint density at radius 2 is 2.29 bits per heavy atom. The third-order valence-electron chi connectivity index (χ3n) is 3.17. The van der Waals surface area contributed by atoms with Crippen LogP contribution in [0.15, 0.2) is 12.5 Å². The summed E-state index contributed by atoms with van der Waals surface area (Å²) in [5, 5.41) is 0. The Labute approximate surface area is 85.3 Å². The molecule has 0 spiro atoms. The molecule has 0 radical (unpaired) electrons. The van der Waals surface area contributed by atoms with Crippen molar-refractivity contribution in [3.8, 4) is 0 Å². The summed E-state index contributed by atoms with van der Waals surface area (Å²) in [7, 11) is 1.98. The zero-order valence-electron chi connectivity index (χ0n) is 8.82. The molecule has 1 unspecified atom stereocenters. The average molecular weight is 193 g/mol. The summed E-state index contributed by atoms with van der Waals surface area (Å²) >= 11 is 0. The summed E-state index contributed by atoms with van der Waals surface area (Å²) in [4.78, 5) is 4.30. The van der Waals surface area contributed by atoms with E-state index in [1.54, 1.807) is 0 Å². The molecule has 14 heavy (non-hydrogen) atoms. The maximum Gasteiger partial charge on any atom is 0.0947 e. The number of hydrogen-bond acceptors (Lipinski definition) is 2. The maximum atomic E-state index is 6.11. The number of nitrogens with zero attached hydrogens (tertiary/aromatic N) is 2. The second-order valence-corrected chi connectivity index (χ2v) is 4.46. The molecule has 3 heteroatoms. The first-order valence-electron chi connectivity index (χ1n) is 5.49. The van der Waals surface area contributed by atoms with Crippen molar-refractivity contribution in [3.05, 3.63) is 18.2 Å². The normalized spacial score (nSPS) is 20.1. The predicted octanol–water partition coefficient (Wildman–Crippen LogP) is 2.00. The first-order chi connectivity index (χ1) is 6.75. The van der Waals surface area contributed by atoms with Gasteiger partial charge in [-0.25, -0.2) is 4.98 Å².